The molecular weight excluding hydrogens is 491 g/mol. The Labute approximate surface area is 211 Å². The highest BCUT2D eigenvalue weighted by Crippen LogP contribution is 2.40. The van der Waals surface area contributed by atoms with Gasteiger partial charge in [0.1, 0.15) is 17.3 Å². The number of aromatic nitrogens is 2. The number of hydrogen-bond acceptors (Lipinski definition) is 5. The van der Waals surface area contributed by atoms with Crippen molar-refractivity contribution < 1.29 is 9.47 Å². The summed E-state index contributed by atoms with van der Waals surface area (Å²) in [6.07, 6.45) is 5.45. The fourth-order valence-corrected chi connectivity index (χ4v) is 5.97. The zero-order valence-electron chi connectivity index (χ0n) is 18.7. The quantitative estimate of drug-likeness (QED) is 0.276. The predicted octanol–water partition coefficient (Wildman–Crippen LogP) is 7.21. The first-order valence-electron chi connectivity index (χ1n) is 11.4. The van der Waals surface area contributed by atoms with Crippen LogP contribution in [0.15, 0.2) is 41.2 Å². The third kappa shape index (κ3) is 4.67. The minimum Gasteiger partial charge on any atom is -0.490 e. The molecule has 0 radical (unpaired) electrons. The van der Waals surface area contributed by atoms with Gasteiger partial charge in [-0.3, -0.25) is 4.79 Å². The molecule has 0 amide bonds. The van der Waals surface area contributed by atoms with Crippen LogP contribution in [-0.2, 0) is 19.4 Å². The molecule has 1 N–H and O–H groups in total. The van der Waals surface area contributed by atoms with Crippen LogP contribution in [0.25, 0.3) is 21.6 Å². The SMILES string of the molecule is CCOc1cc(-c2nc3sc4c(c3c(=O)[nH]2)CCCCC4)cc(Cl)c1OCc1ccc(Cl)cc1. The maximum atomic E-state index is 13.1. The summed E-state index contributed by atoms with van der Waals surface area (Å²) >= 11 is 14.2. The number of H-pyrrole nitrogens is 1. The van der Waals surface area contributed by atoms with E-state index in [9.17, 15) is 4.79 Å². The molecule has 0 atom stereocenters. The number of halogens is 2. The first kappa shape index (κ1) is 23.2. The third-order valence-corrected chi connectivity index (χ3v) is 7.67. The first-order chi connectivity index (χ1) is 16.5. The van der Waals surface area contributed by atoms with Crippen molar-refractivity contribution in [1.82, 2.24) is 9.97 Å². The van der Waals surface area contributed by atoms with E-state index in [2.05, 4.69) is 4.98 Å². The summed E-state index contributed by atoms with van der Waals surface area (Å²) in [6, 6.07) is 11.0. The summed E-state index contributed by atoms with van der Waals surface area (Å²) in [5.74, 6) is 1.43. The maximum absolute atomic E-state index is 13.1. The molecule has 2 aromatic heterocycles. The molecule has 0 spiro atoms. The fourth-order valence-electron chi connectivity index (χ4n) is 4.32. The van der Waals surface area contributed by atoms with E-state index in [0.717, 1.165) is 41.5 Å². The highest BCUT2D eigenvalue weighted by molar-refractivity contribution is 7.18. The van der Waals surface area contributed by atoms with Gasteiger partial charge < -0.3 is 14.5 Å². The minimum atomic E-state index is -0.100. The van der Waals surface area contributed by atoms with Crippen LogP contribution in [0.4, 0.5) is 0 Å². The van der Waals surface area contributed by atoms with Gasteiger partial charge in [0.25, 0.3) is 5.56 Å². The van der Waals surface area contributed by atoms with Gasteiger partial charge in [0.05, 0.1) is 17.0 Å². The number of fused-ring (bicyclic) bond motifs is 3. The molecule has 2 heterocycles. The van der Waals surface area contributed by atoms with E-state index >= 15 is 0 Å². The Morgan fingerprint density at radius 3 is 2.65 bits per heavy atom. The number of ether oxygens (including phenoxy) is 2. The van der Waals surface area contributed by atoms with E-state index in [1.54, 1.807) is 17.4 Å². The van der Waals surface area contributed by atoms with Gasteiger partial charge in [0.2, 0.25) is 0 Å². The summed E-state index contributed by atoms with van der Waals surface area (Å²) in [7, 11) is 0. The molecule has 0 saturated heterocycles. The van der Waals surface area contributed by atoms with Crippen molar-refractivity contribution in [1.29, 1.82) is 0 Å². The highest BCUT2D eigenvalue weighted by Gasteiger charge is 2.21. The van der Waals surface area contributed by atoms with Crippen molar-refractivity contribution >= 4 is 44.8 Å². The molecule has 0 fully saturated rings. The van der Waals surface area contributed by atoms with Crippen LogP contribution in [-0.4, -0.2) is 16.6 Å². The van der Waals surface area contributed by atoms with Gasteiger partial charge >= 0.3 is 0 Å². The molecule has 5 nitrogen and oxygen atoms in total. The number of thiophene rings is 1. The van der Waals surface area contributed by atoms with E-state index in [0.29, 0.717) is 46.1 Å². The lowest BCUT2D eigenvalue weighted by Gasteiger charge is -2.15. The second kappa shape index (κ2) is 9.98. The highest BCUT2D eigenvalue weighted by atomic mass is 35.5. The van der Waals surface area contributed by atoms with Gasteiger partial charge in [-0.15, -0.1) is 11.3 Å². The molecule has 8 heteroatoms. The van der Waals surface area contributed by atoms with E-state index in [1.165, 1.54) is 16.9 Å². The van der Waals surface area contributed by atoms with Gasteiger partial charge in [-0.05, 0) is 68.0 Å². The summed E-state index contributed by atoms with van der Waals surface area (Å²) in [4.78, 5) is 22.9. The van der Waals surface area contributed by atoms with Crippen molar-refractivity contribution in [2.24, 2.45) is 0 Å². The van der Waals surface area contributed by atoms with Crippen molar-refractivity contribution in [3.63, 3.8) is 0 Å². The van der Waals surface area contributed by atoms with E-state index in [4.69, 9.17) is 37.7 Å². The van der Waals surface area contributed by atoms with Crippen molar-refractivity contribution in [3.05, 3.63) is 72.8 Å². The number of rotatable bonds is 6. The number of aromatic amines is 1. The van der Waals surface area contributed by atoms with E-state index in [1.807, 2.05) is 37.3 Å². The van der Waals surface area contributed by atoms with Crippen molar-refractivity contribution in [2.45, 2.75) is 45.6 Å². The number of hydrogen-bond donors (Lipinski definition) is 1. The average Bonchev–Trinajstić information content (AvgIpc) is 3.01. The molecule has 4 aromatic rings. The second-order valence-electron chi connectivity index (χ2n) is 8.29. The molecule has 0 bridgehead atoms. The van der Waals surface area contributed by atoms with Crippen LogP contribution in [0.2, 0.25) is 10.0 Å². The summed E-state index contributed by atoms with van der Waals surface area (Å²) in [6.45, 7) is 2.66. The van der Waals surface area contributed by atoms with Gasteiger partial charge in [-0.25, -0.2) is 4.98 Å². The molecule has 2 aromatic carbocycles. The Morgan fingerprint density at radius 1 is 1.06 bits per heavy atom. The van der Waals surface area contributed by atoms with Crippen molar-refractivity contribution in [3.8, 4) is 22.9 Å². The summed E-state index contributed by atoms with van der Waals surface area (Å²) in [5.41, 5.74) is 2.71. The molecule has 176 valence electrons. The lowest BCUT2D eigenvalue weighted by molar-refractivity contribution is 0.269. The summed E-state index contributed by atoms with van der Waals surface area (Å²) < 4.78 is 11.8. The minimum absolute atomic E-state index is 0.100. The molecule has 1 aliphatic rings. The number of benzene rings is 2. The number of aryl methyl sites for hydroxylation is 2. The monoisotopic (exact) mass is 514 g/mol. The Hall–Kier alpha value is -2.54. The molecule has 5 rings (SSSR count). The second-order valence-corrected chi connectivity index (χ2v) is 10.2. The largest absolute Gasteiger partial charge is 0.490 e. The van der Waals surface area contributed by atoms with E-state index < -0.39 is 0 Å². The van der Waals surface area contributed by atoms with Crippen LogP contribution in [0.1, 0.15) is 42.2 Å². The number of nitrogens with zero attached hydrogens (tertiary/aromatic N) is 1. The Kier molecular flexibility index (Phi) is 6.82. The van der Waals surface area contributed by atoms with Gasteiger partial charge in [0.15, 0.2) is 11.5 Å². The standard InChI is InChI=1S/C26H24Cl2N2O3S/c1-2-32-20-13-16(12-19(28)23(20)33-14-15-8-10-17(27)11-9-15)24-29-25(31)22-18-6-4-3-5-7-21(18)34-26(22)30-24/h8-13H,2-7,14H2,1H3,(H,29,30,31). The molecule has 0 unspecified atom stereocenters. The molecular formula is C26H24Cl2N2O3S. The predicted molar refractivity (Wildman–Crippen MR) is 139 cm³/mol. The Morgan fingerprint density at radius 2 is 1.85 bits per heavy atom. The zero-order valence-corrected chi connectivity index (χ0v) is 21.1. The normalized spacial score (nSPS) is 13.5. The third-order valence-electron chi connectivity index (χ3n) is 5.95. The van der Waals surface area contributed by atoms with Crippen LogP contribution >= 0.6 is 34.5 Å². The van der Waals surface area contributed by atoms with Crippen LogP contribution in [0.3, 0.4) is 0 Å². The lowest BCUT2D eigenvalue weighted by Crippen LogP contribution is -2.10. The van der Waals surface area contributed by atoms with Gasteiger partial charge in [-0.1, -0.05) is 41.8 Å². The maximum Gasteiger partial charge on any atom is 0.260 e. The Balaban J connectivity index is 1.51. The zero-order chi connectivity index (χ0) is 23.7. The van der Waals surface area contributed by atoms with Crippen LogP contribution < -0.4 is 15.0 Å². The smallest absolute Gasteiger partial charge is 0.260 e. The van der Waals surface area contributed by atoms with Crippen LogP contribution in [0.5, 0.6) is 11.5 Å². The topological polar surface area (TPSA) is 64.2 Å². The fraction of sp³-hybridized carbons (Fsp3) is 0.308. The van der Waals surface area contributed by atoms with Gasteiger partial charge in [0, 0.05) is 15.5 Å². The molecule has 0 aliphatic heterocycles. The van der Waals surface area contributed by atoms with Gasteiger partial charge in [-0.2, -0.15) is 0 Å². The van der Waals surface area contributed by atoms with E-state index in [-0.39, 0.29) is 5.56 Å². The first-order valence-corrected chi connectivity index (χ1v) is 13.0. The Bertz CT molecular complexity index is 1400. The molecule has 34 heavy (non-hydrogen) atoms. The molecule has 1 aliphatic carbocycles. The lowest BCUT2D eigenvalue weighted by atomic mass is 10.1. The average molecular weight is 515 g/mol. The summed E-state index contributed by atoms with van der Waals surface area (Å²) in [5, 5.41) is 1.80. The number of nitrogens with one attached hydrogen (secondary N) is 1. The van der Waals surface area contributed by atoms with Crippen LogP contribution in [0, 0.1) is 0 Å². The molecule has 0 saturated carbocycles. The van der Waals surface area contributed by atoms with Crippen molar-refractivity contribution in [2.75, 3.05) is 6.61 Å².